The van der Waals surface area contributed by atoms with Crippen LogP contribution in [0.2, 0.25) is 0 Å². The molecule has 1 aromatic heterocycles. The average molecular weight is 395 g/mol. The topological polar surface area (TPSA) is 65.5 Å². The Hall–Kier alpha value is -2.89. The molecule has 3 rings (SSSR count). The lowest BCUT2D eigenvalue weighted by Gasteiger charge is -2.37. The first-order valence-electron chi connectivity index (χ1n) is 10.3. The molecule has 6 nitrogen and oxygen atoms in total. The number of piperazine rings is 1. The number of nitrogens with zero attached hydrogens (tertiary/aromatic N) is 3. The Morgan fingerprint density at radius 3 is 2.38 bits per heavy atom. The van der Waals surface area contributed by atoms with Crippen LogP contribution in [0.1, 0.15) is 52.4 Å². The van der Waals surface area contributed by atoms with E-state index in [9.17, 15) is 9.59 Å². The van der Waals surface area contributed by atoms with Gasteiger partial charge in [0.2, 0.25) is 0 Å². The van der Waals surface area contributed by atoms with E-state index in [1.165, 1.54) is 16.8 Å². The molecule has 1 atom stereocenters. The minimum absolute atomic E-state index is 0.0711. The summed E-state index contributed by atoms with van der Waals surface area (Å²) in [6.45, 7) is 11.1. The summed E-state index contributed by atoms with van der Waals surface area (Å²) in [5, 5.41) is 2.89. The molecule has 154 valence electrons. The van der Waals surface area contributed by atoms with E-state index >= 15 is 0 Å². The Balaban J connectivity index is 1.66. The SMILES string of the molecule is CCC(C)NC(=O)c1cccc(C(=O)N2CCN(c3cccc(C)c3C)CC2)n1. The number of hydrogen-bond donors (Lipinski definition) is 1. The van der Waals surface area contributed by atoms with Gasteiger partial charge >= 0.3 is 0 Å². The van der Waals surface area contributed by atoms with Crippen molar-refractivity contribution in [2.45, 2.75) is 40.2 Å². The maximum absolute atomic E-state index is 12.9. The Bertz CT molecular complexity index is 888. The van der Waals surface area contributed by atoms with E-state index < -0.39 is 0 Å². The zero-order valence-corrected chi connectivity index (χ0v) is 17.7. The van der Waals surface area contributed by atoms with Crippen LogP contribution in [0, 0.1) is 13.8 Å². The molecule has 0 aliphatic carbocycles. The summed E-state index contributed by atoms with van der Waals surface area (Å²) in [5.41, 5.74) is 4.40. The third-order valence-electron chi connectivity index (χ3n) is 5.67. The van der Waals surface area contributed by atoms with Gasteiger partial charge in [-0.3, -0.25) is 9.59 Å². The molecular weight excluding hydrogens is 364 g/mol. The molecule has 1 aliphatic heterocycles. The molecule has 0 saturated carbocycles. The minimum Gasteiger partial charge on any atom is -0.368 e. The molecule has 2 amide bonds. The number of anilines is 1. The van der Waals surface area contributed by atoms with Crippen LogP contribution in [0.5, 0.6) is 0 Å². The molecule has 1 aliphatic rings. The van der Waals surface area contributed by atoms with Gasteiger partial charge in [-0.2, -0.15) is 0 Å². The van der Waals surface area contributed by atoms with Crippen molar-refractivity contribution in [3.63, 3.8) is 0 Å². The fourth-order valence-electron chi connectivity index (χ4n) is 3.47. The van der Waals surface area contributed by atoms with Crippen molar-refractivity contribution in [1.29, 1.82) is 0 Å². The van der Waals surface area contributed by atoms with E-state index in [2.05, 4.69) is 47.2 Å². The first kappa shape index (κ1) is 20.8. The highest BCUT2D eigenvalue weighted by Crippen LogP contribution is 2.24. The Kier molecular flexibility index (Phi) is 6.52. The maximum atomic E-state index is 12.9. The normalized spacial score (nSPS) is 15.2. The first-order valence-corrected chi connectivity index (χ1v) is 10.3. The van der Waals surface area contributed by atoms with Crippen LogP contribution in [-0.4, -0.2) is 53.9 Å². The van der Waals surface area contributed by atoms with E-state index in [1.54, 1.807) is 18.2 Å². The van der Waals surface area contributed by atoms with Crippen molar-refractivity contribution in [3.05, 3.63) is 58.9 Å². The van der Waals surface area contributed by atoms with Crippen LogP contribution in [0.3, 0.4) is 0 Å². The Morgan fingerprint density at radius 2 is 1.69 bits per heavy atom. The fraction of sp³-hybridized carbons (Fsp3) is 0.435. The number of carbonyl (C=O) groups excluding carboxylic acids is 2. The second-order valence-corrected chi connectivity index (χ2v) is 7.69. The molecule has 2 heterocycles. The van der Waals surface area contributed by atoms with Crippen LogP contribution < -0.4 is 10.2 Å². The van der Waals surface area contributed by atoms with Gasteiger partial charge in [0.05, 0.1) is 0 Å². The molecule has 6 heteroatoms. The van der Waals surface area contributed by atoms with Gasteiger partial charge in [-0.25, -0.2) is 4.98 Å². The van der Waals surface area contributed by atoms with E-state index in [1.807, 2.05) is 18.7 Å². The van der Waals surface area contributed by atoms with Crippen molar-refractivity contribution in [1.82, 2.24) is 15.2 Å². The lowest BCUT2D eigenvalue weighted by Crippen LogP contribution is -2.49. The summed E-state index contributed by atoms with van der Waals surface area (Å²) in [7, 11) is 0. The highest BCUT2D eigenvalue weighted by atomic mass is 16.2. The maximum Gasteiger partial charge on any atom is 0.272 e. The number of aryl methyl sites for hydroxylation is 1. The van der Waals surface area contributed by atoms with Crippen LogP contribution in [0.15, 0.2) is 36.4 Å². The second-order valence-electron chi connectivity index (χ2n) is 7.69. The highest BCUT2D eigenvalue weighted by molar-refractivity contribution is 5.96. The number of pyridine rings is 1. The van der Waals surface area contributed by atoms with Crippen molar-refractivity contribution < 1.29 is 9.59 Å². The van der Waals surface area contributed by atoms with Gasteiger partial charge in [-0.15, -0.1) is 0 Å². The lowest BCUT2D eigenvalue weighted by atomic mass is 10.1. The summed E-state index contributed by atoms with van der Waals surface area (Å²) in [4.78, 5) is 33.7. The van der Waals surface area contributed by atoms with Gasteiger partial charge in [-0.05, 0) is 56.5 Å². The van der Waals surface area contributed by atoms with Crippen molar-refractivity contribution in [2.75, 3.05) is 31.1 Å². The third-order valence-corrected chi connectivity index (χ3v) is 5.67. The summed E-state index contributed by atoms with van der Waals surface area (Å²) in [6, 6.07) is 11.5. The Labute approximate surface area is 172 Å². The average Bonchev–Trinajstić information content (AvgIpc) is 2.75. The molecule has 2 aromatic rings. The smallest absolute Gasteiger partial charge is 0.272 e. The molecule has 1 saturated heterocycles. The summed E-state index contributed by atoms with van der Waals surface area (Å²) >= 11 is 0. The molecule has 1 unspecified atom stereocenters. The first-order chi connectivity index (χ1) is 13.9. The van der Waals surface area contributed by atoms with Gasteiger partial charge in [0, 0.05) is 37.9 Å². The van der Waals surface area contributed by atoms with Crippen LogP contribution >= 0.6 is 0 Å². The predicted molar refractivity (Wildman–Crippen MR) is 115 cm³/mol. The molecule has 1 aromatic carbocycles. The predicted octanol–water partition coefficient (Wildman–Crippen LogP) is 3.19. The zero-order chi connectivity index (χ0) is 21.0. The fourth-order valence-corrected chi connectivity index (χ4v) is 3.47. The zero-order valence-electron chi connectivity index (χ0n) is 17.7. The second kappa shape index (κ2) is 9.07. The van der Waals surface area contributed by atoms with Crippen molar-refractivity contribution >= 4 is 17.5 Å². The van der Waals surface area contributed by atoms with E-state index in [0.717, 1.165) is 19.5 Å². The number of aromatic nitrogens is 1. The monoisotopic (exact) mass is 394 g/mol. The number of amides is 2. The quantitative estimate of drug-likeness (QED) is 0.846. The third kappa shape index (κ3) is 4.75. The molecule has 0 spiro atoms. The lowest BCUT2D eigenvalue weighted by molar-refractivity contribution is 0.0740. The molecule has 29 heavy (non-hydrogen) atoms. The number of nitrogens with one attached hydrogen (secondary N) is 1. The number of hydrogen-bond acceptors (Lipinski definition) is 4. The van der Waals surface area contributed by atoms with E-state index in [4.69, 9.17) is 0 Å². The molecule has 0 bridgehead atoms. The summed E-state index contributed by atoms with van der Waals surface area (Å²) in [6.07, 6.45) is 0.842. The number of benzene rings is 1. The molecule has 1 fully saturated rings. The minimum atomic E-state index is -0.242. The largest absolute Gasteiger partial charge is 0.368 e. The van der Waals surface area contributed by atoms with Gasteiger partial charge in [0.25, 0.3) is 11.8 Å². The van der Waals surface area contributed by atoms with E-state index in [-0.39, 0.29) is 23.6 Å². The van der Waals surface area contributed by atoms with E-state index in [0.29, 0.717) is 18.8 Å². The van der Waals surface area contributed by atoms with Crippen molar-refractivity contribution in [2.24, 2.45) is 0 Å². The Morgan fingerprint density at radius 1 is 1.03 bits per heavy atom. The molecule has 0 radical (unpaired) electrons. The van der Waals surface area contributed by atoms with Gasteiger partial charge in [0.1, 0.15) is 11.4 Å². The molecular formula is C23H30N4O2. The van der Waals surface area contributed by atoms with Crippen LogP contribution in [0.4, 0.5) is 5.69 Å². The highest BCUT2D eigenvalue weighted by Gasteiger charge is 2.24. The van der Waals surface area contributed by atoms with Crippen LogP contribution in [-0.2, 0) is 0 Å². The van der Waals surface area contributed by atoms with Gasteiger partial charge in [-0.1, -0.05) is 25.1 Å². The van der Waals surface area contributed by atoms with Gasteiger partial charge in [0.15, 0.2) is 0 Å². The number of rotatable bonds is 5. The van der Waals surface area contributed by atoms with Crippen molar-refractivity contribution in [3.8, 4) is 0 Å². The molecule has 1 N–H and O–H groups in total. The standard InChI is InChI=1S/C23H30N4O2/c1-5-17(3)24-22(28)19-9-7-10-20(25-19)23(29)27-14-12-26(13-15-27)21-11-6-8-16(2)18(21)4/h6-11,17H,5,12-15H2,1-4H3,(H,24,28). The summed E-state index contributed by atoms with van der Waals surface area (Å²) < 4.78 is 0. The van der Waals surface area contributed by atoms with Gasteiger partial charge < -0.3 is 15.1 Å². The van der Waals surface area contributed by atoms with Crippen LogP contribution in [0.25, 0.3) is 0 Å². The number of carbonyl (C=O) groups is 2. The summed E-state index contributed by atoms with van der Waals surface area (Å²) in [5.74, 6) is -0.363.